The third-order valence-electron chi connectivity index (χ3n) is 6.09. The molecule has 3 atom stereocenters. The van der Waals surface area contributed by atoms with Gasteiger partial charge in [0.1, 0.15) is 6.17 Å². The van der Waals surface area contributed by atoms with E-state index >= 15 is 0 Å². The monoisotopic (exact) mass is 283 g/mol. The number of pyridine rings is 1. The molecule has 2 aliphatic heterocycles. The van der Waals surface area contributed by atoms with Crippen molar-refractivity contribution in [3.8, 4) is 0 Å². The molecule has 0 saturated heterocycles. The number of hydrogen-bond donors (Lipinski definition) is 0. The van der Waals surface area contributed by atoms with Crippen LogP contribution in [0.4, 0.5) is 5.69 Å². The lowest BCUT2D eigenvalue weighted by Crippen LogP contribution is -2.55. The normalized spacial score (nSPS) is 36.3. The number of nitrogens with zero attached hydrogens (tertiary/aromatic N) is 3. The Kier molecular flexibility index (Phi) is 2.28. The summed E-state index contributed by atoms with van der Waals surface area (Å²) in [5.74, 6) is 0. The third kappa shape index (κ3) is 1.37. The lowest BCUT2D eigenvalue weighted by atomic mass is 9.78. The Morgan fingerprint density at radius 1 is 1.33 bits per heavy atom. The van der Waals surface area contributed by atoms with Gasteiger partial charge in [0.15, 0.2) is 0 Å². The molecule has 1 aromatic heterocycles. The molecule has 0 radical (unpaired) electrons. The van der Waals surface area contributed by atoms with Crippen LogP contribution in [0.3, 0.4) is 0 Å². The maximum atomic E-state index is 4.39. The summed E-state index contributed by atoms with van der Waals surface area (Å²) >= 11 is 0. The number of hydrogen-bond acceptors (Lipinski definition) is 3. The van der Waals surface area contributed by atoms with Crippen molar-refractivity contribution in [3.05, 3.63) is 36.4 Å². The van der Waals surface area contributed by atoms with Gasteiger partial charge in [0, 0.05) is 35.0 Å². The second kappa shape index (κ2) is 3.63. The Morgan fingerprint density at radius 3 is 2.76 bits per heavy atom. The molecular weight excluding hydrogens is 258 g/mol. The van der Waals surface area contributed by atoms with Crippen molar-refractivity contribution in [1.29, 1.82) is 0 Å². The quantitative estimate of drug-likeness (QED) is 0.780. The molecule has 3 nitrogen and oxygen atoms in total. The van der Waals surface area contributed by atoms with E-state index in [2.05, 4.69) is 67.9 Å². The zero-order chi connectivity index (χ0) is 15.0. The molecule has 0 N–H and O–H groups in total. The lowest BCUT2D eigenvalue weighted by Gasteiger charge is -2.49. The van der Waals surface area contributed by atoms with E-state index in [-0.39, 0.29) is 5.54 Å². The van der Waals surface area contributed by atoms with Gasteiger partial charge in [-0.3, -0.25) is 4.98 Å². The van der Waals surface area contributed by atoms with E-state index in [1.165, 1.54) is 24.1 Å². The molecule has 0 spiro atoms. The topological polar surface area (TPSA) is 19.4 Å². The van der Waals surface area contributed by atoms with Gasteiger partial charge in [-0.15, -0.1) is 0 Å². The highest BCUT2D eigenvalue weighted by molar-refractivity contribution is 5.67. The first-order chi connectivity index (χ1) is 9.85. The molecule has 112 valence electrons. The maximum absolute atomic E-state index is 4.39. The van der Waals surface area contributed by atoms with Crippen molar-refractivity contribution >= 4 is 5.69 Å². The molecule has 4 rings (SSSR count). The van der Waals surface area contributed by atoms with Crippen LogP contribution in [-0.4, -0.2) is 21.6 Å². The standard InChI is InChI=1S/C18H25N3/c1-6-18-12-17(18,5)15-20(9-10-21(15)16(2,3)4)14-11-19-8-7-13(14)18/h7-11,15H,6,12H2,1-5H3. The average Bonchev–Trinajstić information content (AvgIpc) is 2.84. The van der Waals surface area contributed by atoms with Crippen LogP contribution >= 0.6 is 0 Å². The smallest absolute Gasteiger partial charge is 0.112 e. The summed E-state index contributed by atoms with van der Waals surface area (Å²) in [6, 6.07) is 2.24. The van der Waals surface area contributed by atoms with Gasteiger partial charge >= 0.3 is 0 Å². The van der Waals surface area contributed by atoms with Crippen LogP contribution in [0.1, 0.15) is 53.0 Å². The zero-order valence-electron chi connectivity index (χ0n) is 13.7. The molecule has 0 aromatic carbocycles. The van der Waals surface area contributed by atoms with Crippen molar-refractivity contribution in [2.75, 3.05) is 4.90 Å². The minimum atomic E-state index is 0.140. The summed E-state index contributed by atoms with van der Waals surface area (Å²) in [6.07, 6.45) is 11.4. The Morgan fingerprint density at radius 2 is 2.10 bits per heavy atom. The fraction of sp³-hybridized carbons (Fsp3) is 0.611. The second-order valence-electron chi connectivity index (χ2n) is 8.08. The van der Waals surface area contributed by atoms with E-state index in [0.29, 0.717) is 17.0 Å². The van der Waals surface area contributed by atoms with Crippen LogP contribution < -0.4 is 4.90 Å². The van der Waals surface area contributed by atoms with Crippen molar-refractivity contribution in [2.45, 2.75) is 64.6 Å². The van der Waals surface area contributed by atoms with Crippen LogP contribution in [0, 0.1) is 5.41 Å². The molecule has 3 heteroatoms. The van der Waals surface area contributed by atoms with Gasteiger partial charge in [0.05, 0.1) is 11.9 Å². The first-order valence-corrected chi connectivity index (χ1v) is 8.05. The molecule has 1 aliphatic carbocycles. The van der Waals surface area contributed by atoms with Gasteiger partial charge in [-0.2, -0.15) is 0 Å². The Hall–Kier alpha value is -1.51. The van der Waals surface area contributed by atoms with E-state index in [4.69, 9.17) is 0 Å². The Labute approximate surface area is 127 Å². The van der Waals surface area contributed by atoms with Gasteiger partial charge in [-0.1, -0.05) is 13.8 Å². The van der Waals surface area contributed by atoms with Gasteiger partial charge in [0.2, 0.25) is 0 Å². The predicted octanol–water partition coefficient (Wildman–Crippen LogP) is 3.87. The largest absolute Gasteiger partial charge is 0.350 e. The molecule has 1 aromatic rings. The summed E-state index contributed by atoms with van der Waals surface area (Å²) in [5, 5.41) is 0. The van der Waals surface area contributed by atoms with E-state index in [1.807, 2.05) is 12.4 Å². The molecule has 3 aliphatic rings. The summed E-state index contributed by atoms with van der Waals surface area (Å²) < 4.78 is 0. The van der Waals surface area contributed by atoms with Crippen molar-refractivity contribution in [2.24, 2.45) is 5.41 Å². The predicted molar refractivity (Wildman–Crippen MR) is 85.9 cm³/mol. The van der Waals surface area contributed by atoms with Crippen molar-refractivity contribution in [3.63, 3.8) is 0 Å². The highest BCUT2D eigenvalue weighted by Gasteiger charge is 2.73. The molecule has 3 unspecified atom stereocenters. The van der Waals surface area contributed by atoms with Crippen molar-refractivity contribution < 1.29 is 0 Å². The third-order valence-corrected chi connectivity index (χ3v) is 6.09. The van der Waals surface area contributed by atoms with Crippen LogP contribution in [0.15, 0.2) is 30.9 Å². The highest BCUT2D eigenvalue weighted by Crippen LogP contribution is 2.74. The molecule has 0 bridgehead atoms. The molecule has 1 saturated carbocycles. The van der Waals surface area contributed by atoms with E-state index in [1.54, 1.807) is 0 Å². The number of aromatic nitrogens is 1. The summed E-state index contributed by atoms with van der Waals surface area (Å²) in [7, 11) is 0. The van der Waals surface area contributed by atoms with E-state index in [9.17, 15) is 0 Å². The van der Waals surface area contributed by atoms with Gasteiger partial charge in [0.25, 0.3) is 0 Å². The maximum Gasteiger partial charge on any atom is 0.112 e. The van der Waals surface area contributed by atoms with Crippen LogP contribution in [-0.2, 0) is 5.41 Å². The minimum Gasteiger partial charge on any atom is -0.350 e. The van der Waals surface area contributed by atoms with E-state index < -0.39 is 0 Å². The fourth-order valence-corrected chi connectivity index (χ4v) is 4.90. The van der Waals surface area contributed by atoms with E-state index in [0.717, 1.165) is 0 Å². The second-order valence-corrected chi connectivity index (χ2v) is 8.08. The summed E-state index contributed by atoms with van der Waals surface area (Å²) in [4.78, 5) is 9.39. The number of rotatable bonds is 1. The van der Waals surface area contributed by atoms with Gasteiger partial charge < -0.3 is 9.80 Å². The van der Waals surface area contributed by atoms with Crippen LogP contribution in [0.2, 0.25) is 0 Å². The van der Waals surface area contributed by atoms with Crippen LogP contribution in [0.25, 0.3) is 0 Å². The van der Waals surface area contributed by atoms with Crippen LogP contribution in [0.5, 0.6) is 0 Å². The number of anilines is 1. The summed E-state index contributed by atoms with van der Waals surface area (Å²) in [5.41, 5.74) is 3.61. The average molecular weight is 283 g/mol. The molecule has 0 amide bonds. The molecular formula is C18H25N3. The molecule has 1 fully saturated rings. The summed E-state index contributed by atoms with van der Waals surface area (Å²) in [6.45, 7) is 11.7. The fourth-order valence-electron chi connectivity index (χ4n) is 4.90. The first kappa shape index (κ1) is 13.2. The number of fused-ring (bicyclic) bond motifs is 6. The van der Waals surface area contributed by atoms with Gasteiger partial charge in [-0.25, -0.2) is 0 Å². The molecule has 21 heavy (non-hydrogen) atoms. The lowest BCUT2D eigenvalue weighted by molar-refractivity contribution is 0.0992. The van der Waals surface area contributed by atoms with Crippen molar-refractivity contribution in [1.82, 2.24) is 9.88 Å². The highest BCUT2D eigenvalue weighted by atomic mass is 15.4. The first-order valence-electron chi connectivity index (χ1n) is 8.05. The van der Waals surface area contributed by atoms with Gasteiger partial charge in [-0.05, 0) is 45.2 Å². The Balaban J connectivity index is 1.90. The SMILES string of the molecule is CCC12CC1(C)C1N(C=CN1C(C)(C)C)c1cnccc12. The zero-order valence-corrected chi connectivity index (χ0v) is 13.7. The minimum absolute atomic E-state index is 0.140. The Bertz CT molecular complexity index is 630. The molecule has 3 heterocycles.